The smallest absolute Gasteiger partial charge is 0.262 e. The Morgan fingerprint density at radius 1 is 1.06 bits per heavy atom. The zero-order chi connectivity index (χ0) is 22.9. The molecule has 1 N–H and O–H groups in total. The lowest BCUT2D eigenvalue weighted by molar-refractivity contribution is 0.400. The van der Waals surface area contributed by atoms with Gasteiger partial charge >= 0.3 is 0 Å². The molecule has 0 aliphatic heterocycles. The molecule has 0 unspecified atom stereocenters. The molecule has 0 aliphatic rings. The van der Waals surface area contributed by atoms with Crippen molar-refractivity contribution in [3.05, 3.63) is 82.5 Å². The number of rotatable bonds is 5. The third kappa shape index (κ3) is 3.89. The lowest BCUT2D eigenvalue weighted by atomic mass is 10.1. The van der Waals surface area contributed by atoms with Crippen LogP contribution in [0.3, 0.4) is 0 Å². The Morgan fingerprint density at radius 2 is 1.81 bits per heavy atom. The van der Waals surface area contributed by atoms with Crippen LogP contribution >= 0.6 is 0 Å². The highest BCUT2D eigenvalue weighted by Crippen LogP contribution is 2.30. The average molecular weight is 447 g/mol. The zero-order valence-corrected chi connectivity index (χ0v) is 17.9. The van der Waals surface area contributed by atoms with Crippen molar-refractivity contribution in [2.45, 2.75) is 11.8 Å². The van der Waals surface area contributed by atoms with E-state index in [-0.39, 0.29) is 22.0 Å². The fourth-order valence-electron chi connectivity index (χ4n) is 3.10. The molecule has 0 aliphatic carbocycles. The zero-order valence-electron chi connectivity index (χ0n) is 17.1. The van der Waals surface area contributed by atoms with Gasteiger partial charge in [-0.3, -0.25) is 13.9 Å². The number of benzene rings is 1. The molecule has 1 aromatic carbocycles. The summed E-state index contributed by atoms with van der Waals surface area (Å²) in [6.45, 7) is 1.68. The second-order valence-electron chi connectivity index (χ2n) is 6.91. The Hall–Kier alpha value is -4.23. The first-order valence-electron chi connectivity index (χ1n) is 9.38. The maximum absolute atomic E-state index is 12.8. The number of hydrogen-bond donors (Lipinski definition) is 1. The highest BCUT2D eigenvalue weighted by molar-refractivity contribution is 7.92. The number of nitriles is 1. The standard InChI is InChI=1S/C22H17N5O4S/c1-14-11-24-20-8-5-16(13-27(20)22(14)28)17-9-19(21(31-2)25-12-17)26-32(29,30)18-6-3-15(10-23)4-7-18/h3-9,11-13,26H,1-2H3. The van der Waals surface area contributed by atoms with Crippen LogP contribution in [0.25, 0.3) is 16.8 Å². The number of ether oxygens (including phenoxy) is 1. The van der Waals surface area contributed by atoms with Crippen molar-refractivity contribution in [2.24, 2.45) is 0 Å². The minimum absolute atomic E-state index is 0.0113. The Morgan fingerprint density at radius 3 is 2.50 bits per heavy atom. The molecule has 160 valence electrons. The van der Waals surface area contributed by atoms with Crippen molar-refractivity contribution < 1.29 is 13.2 Å². The lowest BCUT2D eigenvalue weighted by Gasteiger charge is -2.13. The number of hydrogen-bond acceptors (Lipinski definition) is 7. The van der Waals surface area contributed by atoms with E-state index in [1.165, 1.54) is 48.2 Å². The van der Waals surface area contributed by atoms with E-state index in [1.807, 2.05) is 6.07 Å². The SMILES string of the molecule is COc1ncc(-c2ccc3ncc(C)c(=O)n3c2)cc1NS(=O)(=O)c1ccc(C#N)cc1. The molecule has 0 spiro atoms. The van der Waals surface area contributed by atoms with E-state index in [9.17, 15) is 13.2 Å². The van der Waals surface area contributed by atoms with Crippen LogP contribution < -0.4 is 15.0 Å². The third-order valence-electron chi connectivity index (χ3n) is 4.79. The minimum Gasteiger partial charge on any atom is -0.480 e. The summed E-state index contributed by atoms with van der Waals surface area (Å²) < 4.78 is 34.8. The van der Waals surface area contributed by atoms with Crippen LogP contribution in [0.1, 0.15) is 11.1 Å². The topological polar surface area (TPSA) is 126 Å². The van der Waals surface area contributed by atoms with Gasteiger partial charge in [-0.05, 0) is 49.4 Å². The summed E-state index contributed by atoms with van der Waals surface area (Å²) in [6, 6.07) is 12.5. The summed E-state index contributed by atoms with van der Waals surface area (Å²) >= 11 is 0. The van der Waals surface area contributed by atoms with Gasteiger partial charge in [0.1, 0.15) is 11.3 Å². The molecule has 0 saturated heterocycles. The molecule has 0 saturated carbocycles. The number of anilines is 1. The number of aryl methyl sites for hydroxylation is 1. The fraction of sp³-hybridized carbons (Fsp3) is 0.0909. The van der Waals surface area contributed by atoms with Crippen LogP contribution in [0, 0.1) is 18.3 Å². The Bertz CT molecular complexity index is 1540. The van der Waals surface area contributed by atoms with E-state index in [2.05, 4.69) is 14.7 Å². The van der Waals surface area contributed by atoms with Crippen molar-refractivity contribution in [1.29, 1.82) is 5.26 Å². The van der Waals surface area contributed by atoms with Gasteiger partial charge in [0.25, 0.3) is 15.6 Å². The number of aromatic nitrogens is 3. The molecule has 0 radical (unpaired) electrons. The molecule has 4 aromatic rings. The molecule has 0 bridgehead atoms. The first kappa shape index (κ1) is 21.0. The second kappa shape index (κ2) is 8.13. The summed E-state index contributed by atoms with van der Waals surface area (Å²) in [4.78, 5) is 20.9. The number of nitrogens with one attached hydrogen (secondary N) is 1. The van der Waals surface area contributed by atoms with E-state index in [4.69, 9.17) is 10.00 Å². The number of pyridine rings is 2. The van der Waals surface area contributed by atoms with Crippen LogP contribution in [0.5, 0.6) is 5.88 Å². The largest absolute Gasteiger partial charge is 0.480 e. The van der Waals surface area contributed by atoms with Crippen molar-refractivity contribution in [3.63, 3.8) is 0 Å². The number of sulfonamides is 1. The van der Waals surface area contributed by atoms with Gasteiger partial charge < -0.3 is 4.74 Å². The molecule has 0 amide bonds. The average Bonchev–Trinajstić information content (AvgIpc) is 2.81. The van der Waals surface area contributed by atoms with Crippen LogP contribution in [0.2, 0.25) is 0 Å². The molecule has 4 rings (SSSR count). The van der Waals surface area contributed by atoms with Gasteiger partial charge in [-0.15, -0.1) is 0 Å². The molecule has 0 atom stereocenters. The van der Waals surface area contributed by atoms with Crippen LogP contribution in [-0.4, -0.2) is 29.9 Å². The third-order valence-corrected chi connectivity index (χ3v) is 6.17. The summed E-state index contributed by atoms with van der Waals surface area (Å²) in [6.07, 6.45) is 4.66. The van der Waals surface area contributed by atoms with Gasteiger partial charge in [-0.25, -0.2) is 18.4 Å². The van der Waals surface area contributed by atoms with E-state index in [0.29, 0.717) is 27.9 Å². The highest BCUT2D eigenvalue weighted by atomic mass is 32.2. The first-order chi connectivity index (χ1) is 15.3. The summed E-state index contributed by atoms with van der Waals surface area (Å²) in [7, 11) is -2.58. The fourth-order valence-corrected chi connectivity index (χ4v) is 4.15. The number of nitrogens with zero attached hydrogens (tertiary/aromatic N) is 4. The molecule has 9 nitrogen and oxygen atoms in total. The van der Waals surface area contributed by atoms with Crippen LogP contribution in [-0.2, 0) is 10.0 Å². The quantitative estimate of drug-likeness (QED) is 0.498. The van der Waals surface area contributed by atoms with Crippen LogP contribution in [0.15, 0.2) is 70.7 Å². The van der Waals surface area contributed by atoms with Crippen molar-refractivity contribution >= 4 is 21.4 Å². The summed E-state index contributed by atoms with van der Waals surface area (Å²) in [5.41, 5.74) is 2.49. The van der Waals surface area contributed by atoms with Gasteiger partial charge in [0, 0.05) is 35.3 Å². The normalized spacial score (nSPS) is 11.2. The molecular formula is C22H17N5O4S. The predicted molar refractivity (Wildman–Crippen MR) is 118 cm³/mol. The first-order valence-corrected chi connectivity index (χ1v) is 10.9. The number of methoxy groups -OCH3 is 1. The molecule has 3 aromatic heterocycles. The van der Waals surface area contributed by atoms with E-state index in [1.54, 1.807) is 31.3 Å². The summed E-state index contributed by atoms with van der Waals surface area (Å²) in [5.74, 6) is 0.0847. The van der Waals surface area contributed by atoms with Gasteiger partial charge in [-0.1, -0.05) is 0 Å². The highest BCUT2D eigenvalue weighted by Gasteiger charge is 2.18. The molecular weight excluding hydrogens is 430 g/mol. The summed E-state index contributed by atoms with van der Waals surface area (Å²) in [5, 5.41) is 8.91. The van der Waals surface area contributed by atoms with Crippen molar-refractivity contribution in [3.8, 4) is 23.1 Å². The Labute approximate surface area is 183 Å². The maximum atomic E-state index is 12.8. The minimum atomic E-state index is -3.96. The van der Waals surface area contributed by atoms with Crippen LogP contribution in [0.4, 0.5) is 5.69 Å². The van der Waals surface area contributed by atoms with Gasteiger partial charge in [0.2, 0.25) is 5.88 Å². The van der Waals surface area contributed by atoms with E-state index >= 15 is 0 Å². The second-order valence-corrected chi connectivity index (χ2v) is 8.60. The monoisotopic (exact) mass is 447 g/mol. The van der Waals surface area contributed by atoms with Crippen molar-refractivity contribution in [2.75, 3.05) is 11.8 Å². The molecule has 32 heavy (non-hydrogen) atoms. The molecule has 3 heterocycles. The molecule has 0 fully saturated rings. The van der Waals surface area contributed by atoms with E-state index < -0.39 is 10.0 Å². The van der Waals surface area contributed by atoms with E-state index in [0.717, 1.165) is 0 Å². The molecule has 10 heteroatoms. The van der Waals surface area contributed by atoms with Gasteiger partial charge in [0.15, 0.2) is 0 Å². The van der Waals surface area contributed by atoms with Gasteiger partial charge in [0.05, 0.1) is 23.6 Å². The van der Waals surface area contributed by atoms with Crippen molar-refractivity contribution in [1.82, 2.24) is 14.4 Å². The maximum Gasteiger partial charge on any atom is 0.262 e. The Kier molecular flexibility index (Phi) is 5.34. The Balaban J connectivity index is 1.76. The lowest BCUT2D eigenvalue weighted by Crippen LogP contribution is -2.17. The number of fused-ring (bicyclic) bond motifs is 1. The van der Waals surface area contributed by atoms with Gasteiger partial charge in [-0.2, -0.15) is 5.26 Å². The predicted octanol–water partition coefficient (Wildman–Crippen LogP) is 2.75.